The number of carbonyl (C=O) groups excluding carboxylic acids is 1. The van der Waals surface area contributed by atoms with Gasteiger partial charge in [0, 0.05) is 5.56 Å². The normalized spacial score (nSPS) is 11.7. The van der Waals surface area contributed by atoms with Crippen molar-refractivity contribution in [2.45, 2.75) is 19.8 Å². The van der Waals surface area contributed by atoms with Crippen LogP contribution >= 0.6 is 11.6 Å². The van der Waals surface area contributed by atoms with Gasteiger partial charge in [0.1, 0.15) is 5.92 Å². The van der Waals surface area contributed by atoms with E-state index < -0.39 is 5.92 Å². The summed E-state index contributed by atoms with van der Waals surface area (Å²) in [4.78, 5) is 12.5. The molecule has 0 spiro atoms. The SMILES string of the molecule is Cc1cccc(C(C#N)C(=O)c2ccc(C)cc2Cl)c1. The van der Waals surface area contributed by atoms with E-state index >= 15 is 0 Å². The Morgan fingerprint density at radius 2 is 1.85 bits per heavy atom. The summed E-state index contributed by atoms with van der Waals surface area (Å²) in [6, 6.07) is 14.7. The zero-order valence-corrected chi connectivity index (χ0v) is 12.1. The minimum atomic E-state index is -0.824. The van der Waals surface area contributed by atoms with Crippen LogP contribution in [0.4, 0.5) is 0 Å². The van der Waals surface area contributed by atoms with Crippen LogP contribution in [0, 0.1) is 25.2 Å². The van der Waals surface area contributed by atoms with Crippen molar-refractivity contribution in [1.82, 2.24) is 0 Å². The van der Waals surface area contributed by atoms with Crippen molar-refractivity contribution in [3.8, 4) is 6.07 Å². The quantitative estimate of drug-likeness (QED) is 0.781. The van der Waals surface area contributed by atoms with Crippen LogP contribution in [0.25, 0.3) is 0 Å². The summed E-state index contributed by atoms with van der Waals surface area (Å²) in [6.07, 6.45) is 0. The Morgan fingerprint density at radius 3 is 2.45 bits per heavy atom. The number of nitrogens with zero attached hydrogens (tertiary/aromatic N) is 1. The second kappa shape index (κ2) is 5.90. The lowest BCUT2D eigenvalue weighted by Gasteiger charge is -2.11. The molecule has 0 saturated carbocycles. The average Bonchev–Trinajstić information content (AvgIpc) is 2.39. The highest BCUT2D eigenvalue weighted by atomic mass is 35.5. The van der Waals surface area contributed by atoms with Gasteiger partial charge in [0.2, 0.25) is 0 Å². The summed E-state index contributed by atoms with van der Waals surface area (Å²) >= 11 is 6.11. The minimum absolute atomic E-state index is 0.261. The van der Waals surface area contributed by atoms with E-state index in [1.807, 2.05) is 38.1 Å². The summed E-state index contributed by atoms with van der Waals surface area (Å²) in [5.41, 5.74) is 3.10. The van der Waals surface area contributed by atoms with Crippen LogP contribution in [0.15, 0.2) is 42.5 Å². The van der Waals surface area contributed by atoms with Crippen LogP contribution in [0.5, 0.6) is 0 Å². The molecule has 2 nitrogen and oxygen atoms in total. The largest absolute Gasteiger partial charge is 0.292 e. The predicted octanol–water partition coefficient (Wildman–Crippen LogP) is 4.45. The molecule has 0 aliphatic carbocycles. The number of rotatable bonds is 3. The van der Waals surface area contributed by atoms with Crippen LogP contribution in [-0.2, 0) is 0 Å². The summed E-state index contributed by atoms with van der Waals surface area (Å²) in [6.45, 7) is 3.84. The fraction of sp³-hybridized carbons (Fsp3) is 0.176. The van der Waals surface area contributed by atoms with Gasteiger partial charge in [0.25, 0.3) is 0 Å². The van der Waals surface area contributed by atoms with Gasteiger partial charge in [-0.05, 0) is 37.1 Å². The zero-order valence-electron chi connectivity index (χ0n) is 11.4. The van der Waals surface area contributed by atoms with E-state index in [1.54, 1.807) is 18.2 Å². The maximum Gasteiger partial charge on any atom is 0.185 e. The molecule has 100 valence electrons. The first-order valence-corrected chi connectivity index (χ1v) is 6.67. The third kappa shape index (κ3) is 2.89. The van der Waals surface area contributed by atoms with Gasteiger partial charge in [-0.3, -0.25) is 4.79 Å². The van der Waals surface area contributed by atoms with Crippen molar-refractivity contribution in [2.75, 3.05) is 0 Å². The lowest BCUT2D eigenvalue weighted by Crippen LogP contribution is -2.12. The first kappa shape index (κ1) is 14.3. The lowest BCUT2D eigenvalue weighted by molar-refractivity contribution is 0.0979. The molecule has 3 heteroatoms. The molecule has 0 aromatic heterocycles. The van der Waals surface area contributed by atoms with Gasteiger partial charge in [-0.2, -0.15) is 5.26 Å². The molecular formula is C17H14ClNO. The molecule has 0 N–H and O–H groups in total. The fourth-order valence-electron chi connectivity index (χ4n) is 2.11. The molecule has 0 saturated heterocycles. The number of nitriles is 1. The smallest absolute Gasteiger partial charge is 0.185 e. The van der Waals surface area contributed by atoms with Gasteiger partial charge >= 0.3 is 0 Å². The summed E-state index contributed by atoms with van der Waals surface area (Å²) in [5.74, 6) is -1.08. The maximum absolute atomic E-state index is 12.5. The molecular weight excluding hydrogens is 270 g/mol. The van der Waals surface area contributed by atoms with E-state index in [1.165, 1.54) is 0 Å². The second-order valence-electron chi connectivity index (χ2n) is 4.82. The van der Waals surface area contributed by atoms with Crippen molar-refractivity contribution in [2.24, 2.45) is 0 Å². The Labute approximate surface area is 123 Å². The van der Waals surface area contributed by atoms with E-state index in [2.05, 4.69) is 6.07 Å². The number of ketones is 1. The van der Waals surface area contributed by atoms with Crippen LogP contribution in [0.1, 0.15) is 33.0 Å². The Kier molecular flexibility index (Phi) is 4.22. The molecule has 0 amide bonds. The van der Waals surface area contributed by atoms with Gasteiger partial charge in [-0.1, -0.05) is 47.5 Å². The van der Waals surface area contributed by atoms with Crippen LogP contribution in [0.2, 0.25) is 5.02 Å². The molecule has 0 fully saturated rings. The molecule has 0 heterocycles. The van der Waals surface area contributed by atoms with E-state index in [-0.39, 0.29) is 5.78 Å². The highest BCUT2D eigenvalue weighted by Crippen LogP contribution is 2.26. The monoisotopic (exact) mass is 283 g/mol. The number of benzene rings is 2. The van der Waals surface area contributed by atoms with Crippen molar-refractivity contribution < 1.29 is 4.79 Å². The molecule has 0 radical (unpaired) electrons. The molecule has 0 aliphatic heterocycles. The number of aryl methyl sites for hydroxylation is 2. The molecule has 20 heavy (non-hydrogen) atoms. The van der Waals surface area contributed by atoms with Crippen molar-refractivity contribution in [3.63, 3.8) is 0 Å². The predicted molar refractivity (Wildman–Crippen MR) is 80.1 cm³/mol. The second-order valence-corrected chi connectivity index (χ2v) is 5.23. The Hall–Kier alpha value is -2.11. The van der Waals surface area contributed by atoms with E-state index in [9.17, 15) is 10.1 Å². The number of Topliss-reactive ketones (excluding diaryl/α,β-unsaturated/α-hetero) is 1. The van der Waals surface area contributed by atoms with Gasteiger partial charge in [-0.25, -0.2) is 0 Å². The van der Waals surface area contributed by atoms with Crippen LogP contribution in [-0.4, -0.2) is 5.78 Å². The molecule has 1 atom stereocenters. The molecule has 0 bridgehead atoms. The zero-order chi connectivity index (χ0) is 14.7. The minimum Gasteiger partial charge on any atom is -0.292 e. The van der Waals surface area contributed by atoms with Crippen molar-refractivity contribution in [3.05, 3.63) is 69.7 Å². The first-order chi connectivity index (χ1) is 9.52. The molecule has 2 aromatic rings. The Balaban J connectivity index is 2.42. The number of hydrogen-bond donors (Lipinski definition) is 0. The molecule has 2 rings (SSSR count). The molecule has 2 aromatic carbocycles. The van der Waals surface area contributed by atoms with Gasteiger partial charge in [0.05, 0.1) is 11.1 Å². The summed E-state index contributed by atoms with van der Waals surface area (Å²) in [5, 5.41) is 9.73. The summed E-state index contributed by atoms with van der Waals surface area (Å²) in [7, 11) is 0. The fourth-order valence-corrected chi connectivity index (χ4v) is 2.44. The summed E-state index contributed by atoms with van der Waals surface area (Å²) < 4.78 is 0. The maximum atomic E-state index is 12.5. The number of carbonyl (C=O) groups is 1. The van der Waals surface area contributed by atoms with Crippen molar-refractivity contribution in [1.29, 1.82) is 5.26 Å². The van der Waals surface area contributed by atoms with Gasteiger partial charge < -0.3 is 0 Å². The van der Waals surface area contributed by atoms with Gasteiger partial charge in [0.15, 0.2) is 5.78 Å². The number of halogens is 1. The van der Waals surface area contributed by atoms with E-state index in [0.717, 1.165) is 11.1 Å². The Morgan fingerprint density at radius 1 is 1.15 bits per heavy atom. The number of hydrogen-bond acceptors (Lipinski definition) is 2. The van der Waals surface area contributed by atoms with Gasteiger partial charge in [-0.15, -0.1) is 0 Å². The van der Waals surface area contributed by atoms with Crippen LogP contribution < -0.4 is 0 Å². The average molecular weight is 284 g/mol. The third-order valence-electron chi connectivity index (χ3n) is 3.16. The highest BCUT2D eigenvalue weighted by molar-refractivity contribution is 6.34. The first-order valence-electron chi connectivity index (χ1n) is 6.29. The topological polar surface area (TPSA) is 40.9 Å². The molecule has 1 unspecified atom stereocenters. The third-order valence-corrected chi connectivity index (χ3v) is 3.47. The van der Waals surface area contributed by atoms with Crippen molar-refractivity contribution >= 4 is 17.4 Å². The van der Waals surface area contributed by atoms with E-state index in [0.29, 0.717) is 16.1 Å². The lowest BCUT2D eigenvalue weighted by atomic mass is 9.91. The van der Waals surface area contributed by atoms with E-state index in [4.69, 9.17) is 11.6 Å². The molecule has 0 aliphatic rings. The highest BCUT2D eigenvalue weighted by Gasteiger charge is 2.23. The van der Waals surface area contributed by atoms with Crippen LogP contribution in [0.3, 0.4) is 0 Å². The standard InChI is InChI=1S/C17H14ClNO/c1-11-4-3-5-13(8-11)15(10-19)17(20)14-7-6-12(2)9-16(14)18/h3-9,15H,1-2H3. The Bertz CT molecular complexity index is 700.